The molecule has 0 aliphatic carbocycles. The minimum Gasteiger partial charge on any atom is -0.493 e. The Kier molecular flexibility index (Phi) is 5.87. The van der Waals surface area contributed by atoms with Gasteiger partial charge in [-0.1, -0.05) is 6.07 Å². The van der Waals surface area contributed by atoms with Crippen molar-refractivity contribution in [2.24, 2.45) is 0 Å². The van der Waals surface area contributed by atoms with Crippen LogP contribution >= 0.6 is 0 Å². The molecule has 0 aliphatic rings. The Morgan fingerprint density at radius 1 is 1.37 bits per heavy atom. The van der Waals surface area contributed by atoms with Gasteiger partial charge in [0.2, 0.25) is 5.91 Å². The first-order valence-corrected chi connectivity index (χ1v) is 6.35. The van der Waals surface area contributed by atoms with E-state index in [4.69, 9.17) is 10.00 Å². The zero-order chi connectivity index (χ0) is 14.3. The zero-order valence-electron chi connectivity index (χ0n) is 11.8. The van der Waals surface area contributed by atoms with E-state index in [0.717, 1.165) is 5.75 Å². The molecule has 0 atom stereocenters. The summed E-state index contributed by atoms with van der Waals surface area (Å²) in [6.45, 7) is 4.91. The van der Waals surface area contributed by atoms with E-state index in [0.29, 0.717) is 26.0 Å². The Labute approximate surface area is 114 Å². The van der Waals surface area contributed by atoms with Crippen molar-refractivity contribution in [3.63, 3.8) is 0 Å². The van der Waals surface area contributed by atoms with Gasteiger partial charge in [0.25, 0.3) is 0 Å². The lowest BCUT2D eigenvalue weighted by Crippen LogP contribution is -2.28. The molecule has 4 heteroatoms. The first kappa shape index (κ1) is 15.0. The molecule has 0 unspecified atom stereocenters. The quantitative estimate of drug-likeness (QED) is 0.789. The molecule has 102 valence electrons. The van der Waals surface area contributed by atoms with Gasteiger partial charge < -0.3 is 9.64 Å². The average molecular weight is 260 g/mol. The number of benzene rings is 1. The van der Waals surface area contributed by atoms with Crippen LogP contribution < -0.4 is 4.74 Å². The molecule has 0 radical (unpaired) electrons. The van der Waals surface area contributed by atoms with E-state index >= 15 is 0 Å². The van der Waals surface area contributed by atoms with Gasteiger partial charge in [0.1, 0.15) is 5.75 Å². The average Bonchev–Trinajstić information content (AvgIpc) is 2.39. The fraction of sp³-hybridized carbons (Fsp3) is 0.467. The number of rotatable bonds is 6. The molecule has 0 aromatic heterocycles. The van der Waals surface area contributed by atoms with E-state index < -0.39 is 0 Å². The number of nitrogens with zero attached hydrogens (tertiary/aromatic N) is 2. The highest BCUT2D eigenvalue weighted by Gasteiger charge is 2.08. The van der Waals surface area contributed by atoms with Crippen molar-refractivity contribution in [3.05, 3.63) is 29.3 Å². The molecule has 1 aromatic rings. The largest absolute Gasteiger partial charge is 0.493 e. The summed E-state index contributed by atoms with van der Waals surface area (Å²) in [6.07, 6.45) is 0.690. The van der Waals surface area contributed by atoms with Crippen molar-refractivity contribution in [2.75, 3.05) is 20.2 Å². The van der Waals surface area contributed by atoms with Crippen LogP contribution in [0.4, 0.5) is 0 Å². The van der Waals surface area contributed by atoms with Gasteiger partial charge in [-0.15, -0.1) is 0 Å². The lowest BCUT2D eigenvalue weighted by atomic mass is 10.1. The van der Waals surface area contributed by atoms with Gasteiger partial charge >= 0.3 is 0 Å². The Bertz CT molecular complexity index is 478. The fourth-order valence-corrected chi connectivity index (χ4v) is 1.59. The van der Waals surface area contributed by atoms with Crippen LogP contribution in [0.15, 0.2) is 18.2 Å². The second kappa shape index (κ2) is 7.42. The van der Waals surface area contributed by atoms with E-state index in [1.807, 2.05) is 38.1 Å². The summed E-state index contributed by atoms with van der Waals surface area (Å²) in [5.74, 6) is 0.787. The third-order valence-corrected chi connectivity index (χ3v) is 3.05. The van der Waals surface area contributed by atoms with E-state index in [1.165, 1.54) is 11.1 Å². The first-order chi connectivity index (χ1) is 9.04. The molecular weight excluding hydrogens is 240 g/mol. The summed E-state index contributed by atoms with van der Waals surface area (Å²) in [6, 6.07) is 7.91. The third-order valence-electron chi connectivity index (χ3n) is 3.05. The van der Waals surface area contributed by atoms with Gasteiger partial charge in [0.05, 0.1) is 25.5 Å². The predicted molar refractivity (Wildman–Crippen MR) is 73.9 cm³/mol. The van der Waals surface area contributed by atoms with Crippen molar-refractivity contribution < 1.29 is 9.53 Å². The molecule has 0 spiro atoms. The van der Waals surface area contributed by atoms with E-state index in [2.05, 4.69) is 0 Å². The molecule has 19 heavy (non-hydrogen) atoms. The number of hydrogen-bond donors (Lipinski definition) is 0. The monoisotopic (exact) mass is 260 g/mol. The SMILES string of the molecule is Cc1ccc(OCCC(=O)N(C)CCC#N)cc1C. The van der Waals surface area contributed by atoms with Crippen LogP contribution in [-0.4, -0.2) is 31.0 Å². The van der Waals surface area contributed by atoms with Crippen molar-refractivity contribution in [2.45, 2.75) is 26.7 Å². The number of hydrogen-bond acceptors (Lipinski definition) is 3. The summed E-state index contributed by atoms with van der Waals surface area (Å²) < 4.78 is 5.55. The highest BCUT2D eigenvalue weighted by atomic mass is 16.5. The standard InChI is InChI=1S/C15H20N2O2/c1-12-5-6-14(11-13(12)2)19-10-7-15(18)17(3)9-4-8-16/h5-6,11H,4,7,9-10H2,1-3H3. The maximum atomic E-state index is 11.7. The van der Waals surface area contributed by atoms with Crippen LogP contribution in [0.25, 0.3) is 0 Å². The molecule has 4 nitrogen and oxygen atoms in total. The Morgan fingerprint density at radius 2 is 2.11 bits per heavy atom. The minimum absolute atomic E-state index is 0.000849. The zero-order valence-corrected chi connectivity index (χ0v) is 11.8. The minimum atomic E-state index is -0.000849. The molecule has 1 amide bonds. The van der Waals surface area contributed by atoms with E-state index in [9.17, 15) is 4.79 Å². The van der Waals surface area contributed by atoms with Gasteiger partial charge in [-0.25, -0.2) is 0 Å². The molecule has 0 fully saturated rings. The Morgan fingerprint density at radius 3 is 2.74 bits per heavy atom. The molecule has 0 heterocycles. The lowest BCUT2D eigenvalue weighted by molar-refractivity contribution is -0.130. The molecule has 0 aliphatic heterocycles. The second-order valence-electron chi connectivity index (χ2n) is 4.57. The van der Waals surface area contributed by atoms with Crippen molar-refractivity contribution in [3.8, 4) is 11.8 Å². The molecule has 1 rings (SSSR count). The highest BCUT2D eigenvalue weighted by molar-refractivity contribution is 5.75. The summed E-state index contributed by atoms with van der Waals surface area (Å²) in [5, 5.41) is 8.46. The van der Waals surface area contributed by atoms with Gasteiger partial charge in [0.15, 0.2) is 0 Å². The Balaban J connectivity index is 2.35. The predicted octanol–water partition coefficient (Wildman–Crippen LogP) is 2.44. The normalized spacial score (nSPS) is 9.79. The van der Waals surface area contributed by atoms with Gasteiger partial charge in [-0.3, -0.25) is 4.79 Å². The van der Waals surface area contributed by atoms with Crippen LogP contribution in [0.5, 0.6) is 5.75 Å². The second-order valence-corrected chi connectivity index (χ2v) is 4.57. The topological polar surface area (TPSA) is 53.3 Å². The van der Waals surface area contributed by atoms with Crippen LogP contribution in [-0.2, 0) is 4.79 Å². The highest BCUT2D eigenvalue weighted by Crippen LogP contribution is 2.16. The smallest absolute Gasteiger partial charge is 0.225 e. The van der Waals surface area contributed by atoms with Crippen LogP contribution in [0, 0.1) is 25.2 Å². The van der Waals surface area contributed by atoms with Gasteiger partial charge in [-0.2, -0.15) is 5.26 Å². The summed E-state index contributed by atoms with van der Waals surface area (Å²) in [7, 11) is 1.70. The Hall–Kier alpha value is -2.02. The molecule has 0 N–H and O–H groups in total. The van der Waals surface area contributed by atoms with Crippen LogP contribution in [0.3, 0.4) is 0 Å². The number of carbonyl (C=O) groups is 1. The summed E-state index contributed by atoms with van der Waals surface area (Å²) in [5.41, 5.74) is 2.40. The van der Waals surface area contributed by atoms with Crippen LogP contribution in [0.2, 0.25) is 0 Å². The fourth-order valence-electron chi connectivity index (χ4n) is 1.59. The molecule has 0 saturated carbocycles. The van der Waals surface area contributed by atoms with Gasteiger partial charge in [-0.05, 0) is 37.1 Å². The van der Waals surface area contributed by atoms with Crippen molar-refractivity contribution in [1.82, 2.24) is 4.90 Å². The van der Waals surface area contributed by atoms with Crippen molar-refractivity contribution in [1.29, 1.82) is 5.26 Å². The van der Waals surface area contributed by atoms with E-state index in [1.54, 1.807) is 11.9 Å². The van der Waals surface area contributed by atoms with Crippen LogP contribution in [0.1, 0.15) is 24.0 Å². The summed E-state index contributed by atoms with van der Waals surface area (Å²) in [4.78, 5) is 13.3. The number of ether oxygens (including phenoxy) is 1. The molecule has 1 aromatic carbocycles. The van der Waals surface area contributed by atoms with Crippen molar-refractivity contribution >= 4 is 5.91 Å². The molecule has 0 saturated heterocycles. The summed E-state index contributed by atoms with van der Waals surface area (Å²) >= 11 is 0. The number of nitriles is 1. The third kappa shape index (κ3) is 5.01. The maximum absolute atomic E-state index is 11.7. The number of aryl methyl sites for hydroxylation is 2. The maximum Gasteiger partial charge on any atom is 0.225 e. The van der Waals surface area contributed by atoms with Gasteiger partial charge in [0, 0.05) is 13.6 Å². The number of carbonyl (C=O) groups excluding carboxylic acids is 1. The molecule has 0 bridgehead atoms. The number of amides is 1. The molecular formula is C15H20N2O2. The lowest BCUT2D eigenvalue weighted by Gasteiger charge is -2.15. The first-order valence-electron chi connectivity index (χ1n) is 6.35. The van der Waals surface area contributed by atoms with E-state index in [-0.39, 0.29) is 5.91 Å².